The summed E-state index contributed by atoms with van der Waals surface area (Å²) in [5, 5.41) is 5.41. The van der Waals surface area contributed by atoms with Crippen LogP contribution in [0.1, 0.15) is 44.5 Å². The van der Waals surface area contributed by atoms with E-state index in [-0.39, 0.29) is 6.10 Å². The number of aromatic nitrogens is 4. The van der Waals surface area contributed by atoms with Crippen LogP contribution in [0, 0.1) is 6.92 Å². The maximum Gasteiger partial charge on any atom is 0.330 e. The van der Waals surface area contributed by atoms with E-state index in [1.807, 2.05) is 51.0 Å². The zero-order valence-corrected chi connectivity index (χ0v) is 18.2. The summed E-state index contributed by atoms with van der Waals surface area (Å²) >= 11 is 0. The fraction of sp³-hybridized carbons (Fsp3) is 0.391. The van der Waals surface area contributed by atoms with Gasteiger partial charge in [-0.15, -0.1) is 0 Å². The Kier molecular flexibility index (Phi) is 6.95. The van der Waals surface area contributed by atoms with Gasteiger partial charge in [-0.1, -0.05) is 0 Å². The number of pyridine rings is 2. The molecule has 0 amide bonds. The van der Waals surface area contributed by atoms with Gasteiger partial charge in [0.1, 0.15) is 0 Å². The van der Waals surface area contributed by atoms with Gasteiger partial charge >= 0.3 is 5.97 Å². The van der Waals surface area contributed by atoms with Crippen LogP contribution in [0.25, 0.3) is 28.2 Å². The van der Waals surface area contributed by atoms with Crippen molar-refractivity contribution in [3.63, 3.8) is 0 Å². The molecule has 3 aromatic heterocycles. The fourth-order valence-corrected chi connectivity index (χ4v) is 3.26. The van der Waals surface area contributed by atoms with Crippen molar-refractivity contribution in [3.05, 3.63) is 47.6 Å². The molecule has 0 saturated carbocycles. The third-order valence-corrected chi connectivity index (χ3v) is 4.59. The SMILES string of the molecule is CCOC(=O)C=Cc1c(COC(C)C)nc2c(cnn2CC)c1-c1cncc(C)c1. The quantitative estimate of drug-likeness (QED) is 0.408. The van der Waals surface area contributed by atoms with Gasteiger partial charge in [0.05, 0.1) is 31.2 Å². The van der Waals surface area contributed by atoms with Crippen LogP contribution < -0.4 is 0 Å². The maximum atomic E-state index is 12.0. The number of carbonyl (C=O) groups is 1. The number of carbonyl (C=O) groups excluding carboxylic acids is 1. The van der Waals surface area contributed by atoms with E-state index < -0.39 is 5.97 Å². The molecule has 0 radical (unpaired) electrons. The molecule has 30 heavy (non-hydrogen) atoms. The topological polar surface area (TPSA) is 79.1 Å². The molecule has 3 heterocycles. The summed E-state index contributed by atoms with van der Waals surface area (Å²) in [5.74, 6) is -0.397. The lowest BCUT2D eigenvalue weighted by Gasteiger charge is -2.15. The van der Waals surface area contributed by atoms with Crippen LogP contribution in [-0.4, -0.2) is 38.4 Å². The molecule has 3 rings (SSSR count). The number of rotatable bonds is 8. The number of aryl methyl sites for hydroxylation is 2. The van der Waals surface area contributed by atoms with Gasteiger partial charge in [0.2, 0.25) is 0 Å². The summed E-state index contributed by atoms with van der Waals surface area (Å²) < 4.78 is 12.8. The van der Waals surface area contributed by atoms with Crippen molar-refractivity contribution in [3.8, 4) is 11.1 Å². The Morgan fingerprint density at radius 1 is 1.23 bits per heavy atom. The minimum absolute atomic E-state index is 0.0459. The second-order valence-electron chi connectivity index (χ2n) is 7.24. The summed E-state index contributed by atoms with van der Waals surface area (Å²) in [7, 11) is 0. The fourth-order valence-electron chi connectivity index (χ4n) is 3.26. The van der Waals surface area contributed by atoms with Gasteiger partial charge in [0.15, 0.2) is 5.65 Å². The van der Waals surface area contributed by atoms with Crippen LogP contribution in [0.3, 0.4) is 0 Å². The molecule has 3 aromatic rings. The van der Waals surface area contributed by atoms with E-state index in [9.17, 15) is 4.79 Å². The predicted octanol–water partition coefficient (Wildman–Crippen LogP) is 4.32. The van der Waals surface area contributed by atoms with Crippen molar-refractivity contribution < 1.29 is 14.3 Å². The first-order valence-corrected chi connectivity index (χ1v) is 10.2. The van der Waals surface area contributed by atoms with E-state index in [2.05, 4.69) is 16.1 Å². The third kappa shape index (κ3) is 4.74. The van der Waals surface area contributed by atoms with Crippen molar-refractivity contribution >= 4 is 23.1 Å². The number of hydrogen-bond donors (Lipinski definition) is 0. The van der Waals surface area contributed by atoms with Crippen molar-refractivity contribution in [1.82, 2.24) is 19.7 Å². The molecular formula is C23H28N4O3. The molecule has 0 atom stereocenters. The Morgan fingerprint density at radius 2 is 2.03 bits per heavy atom. The van der Waals surface area contributed by atoms with Gasteiger partial charge in [-0.2, -0.15) is 5.10 Å². The Balaban J connectivity index is 2.29. The van der Waals surface area contributed by atoms with Gasteiger partial charge < -0.3 is 9.47 Å². The molecule has 7 heteroatoms. The lowest BCUT2D eigenvalue weighted by Crippen LogP contribution is -2.08. The highest BCUT2D eigenvalue weighted by molar-refractivity contribution is 5.99. The van der Waals surface area contributed by atoms with Crippen LogP contribution in [0.2, 0.25) is 0 Å². The molecule has 0 aliphatic heterocycles. The van der Waals surface area contributed by atoms with Gasteiger partial charge in [-0.3, -0.25) is 4.98 Å². The monoisotopic (exact) mass is 408 g/mol. The number of esters is 1. The minimum Gasteiger partial charge on any atom is -0.463 e. The summed E-state index contributed by atoms with van der Waals surface area (Å²) in [6.45, 7) is 11.1. The second-order valence-corrected chi connectivity index (χ2v) is 7.24. The van der Waals surface area contributed by atoms with Gasteiger partial charge in [-0.25, -0.2) is 14.5 Å². The average molecular weight is 409 g/mol. The summed E-state index contributed by atoms with van der Waals surface area (Å²) in [6, 6.07) is 2.07. The normalized spacial score (nSPS) is 11.7. The molecule has 0 aromatic carbocycles. The zero-order valence-electron chi connectivity index (χ0n) is 18.2. The largest absolute Gasteiger partial charge is 0.463 e. The molecule has 0 spiro atoms. The molecule has 0 unspecified atom stereocenters. The molecule has 0 aliphatic carbocycles. The standard InChI is InChI=1S/C23H28N4O3/c1-6-27-23-19(13-25-27)22(17-10-16(5)11-24-12-17)18(8-9-21(28)29-7-2)20(26-23)14-30-15(3)4/h8-13,15H,6-7,14H2,1-5H3. The summed E-state index contributed by atoms with van der Waals surface area (Å²) in [4.78, 5) is 21.3. The molecule has 0 N–H and O–H groups in total. The van der Waals surface area contributed by atoms with E-state index in [4.69, 9.17) is 14.5 Å². The van der Waals surface area contributed by atoms with Crippen LogP contribution in [0.4, 0.5) is 0 Å². The molecule has 0 aliphatic rings. The summed E-state index contributed by atoms with van der Waals surface area (Å²) in [6.07, 6.45) is 8.68. The van der Waals surface area contributed by atoms with Crippen LogP contribution in [-0.2, 0) is 27.4 Å². The maximum absolute atomic E-state index is 12.0. The first-order chi connectivity index (χ1) is 14.4. The Hall–Kier alpha value is -3.06. The van der Waals surface area contributed by atoms with E-state index in [1.165, 1.54) is 6.08 Å². The van der Waals surface area contributed by atoms with Crippen molar-refractivity contribution in [1.29, 1.82) is 0 Å². The highest BCUT2D eigenvalue weighted by atomic mass is 16.5. The second kappa shape index (κ2) is 9.63. The van der Waals surface area contributed by atoms with E-state index in [0.29, 0.717) is 19.8 Å². The Morgan fingerprint density at radius 3 is 2.70 bits per heavy atom. The minimum atomic E-state index is -0.397. The summed E-state index contributed by atoms with van der Waals surface area (Å²) in [5.41, 5.74) is 5.24. The van der Waals surface area contributed by atoms with E-state index >= 15 is 0 Å². The van der Waals surface area contributed by atoms with Crippen LogP contribution in [0.5, 0.6) is 0 Å². The van der Waals surface area contributed by atoms with E-state index in [1.54, 1.807) is 13.0 Å². The molecule has 0 saturated heterocycles. The zero-order chi connectivity index (χ0) is 21.7. The van der Waals surface area contributed by atoms with Crippen molar-refractivity contribution in [2.24, 2.45) is 0 Å². The number of ether oxygens (including phenoxy) is 2. The molecule has 7 nitrogen and oxygen atoms in total. The lowest BCUT2D eigenvalue weighted by molar-refractivity contribution is -0.137. The lowest BCUT2D eigenvalue weighted by atomic mass is 9.96. The van der Waals surface area contributed by atoms with Gasteiger partial charge in [0, 0.05) is 47.1 Å². The third-order valence-electron chi connectivity index (χ3n) is 4.59. The average Bonchev–Trinajstić information content (AvgIpc) is 3.12. The first kappa shape index (κ1) is 21.6. The van der Waals surface area contributed by atoms with Crippen molar-refractivity contribution in [2.75, 3.05) is 6.61 Å². The smallest absolute Gasteiger partial charge is 0.330 e. The van der Waals surface area contributed by atoms with Crippen molar-refractivity contribution in [2.45, 2.75) is 53.9 Å². The van der Waals surface area contributed by atoms with Gasteiger partial charge in [-0.05, 0) is 52.3 Å². The van der Waals surface area contributed by atoms with Crippen LogP contribution >= 0.6 is 0 Å². The Labute approximate surface area is 176 Å². The van der Waals surface area contributed by atoms with E-state index in [0.717, 1.165) is 39.0 Å². The van der Waals surface area contributed by atoms with Crippen LogP contribution in [0.15, 0.2) is 30.7 Å². The number of hydrogen-bond acceptors (Lipinski definition) is 6. The highest BCUT2D eigenvalue weighted by Gasteiger charge is 2.19. The number of fused-ring (bicyclic) bond motifs is 1. The molecule has 0 fully saturated rings. The molecule has 0 bridgehead atoms. The molecular weight excluding hydrogens is 380 g/mol. The Bertz CT molecular complexity index is 1070. The predicted molar refractivity (Wildman–Crippen MR) is 117 cm³/mol. The van der Waals surface area contributed by atoms with Gasteiger partial charge in [0.25, 0.3) is 0 Å². The first-order valence-electron chi connectivity index (χ1n) is 10.2. The molecule has 158 valence electrons. The highest BCUT2D eigenvalue weighted by Crippen LogP contribution is 2.34. The number of nitrogens with zero attached hydrogens (tertiary/aromatic N) is 4.